The van der Waals surface area contributed by atoms with Crippen LogP contribution in [0.3, 0.4) is 0 Å². The van der Waals surface area contributed by atoms with E-state index in [0.29, 0.717) is 23.6 Å². The predicted octanol–water partition coefficient (Wildman–Crippen LogP) is 3.61. The molecule has 0 saturated heterocycles. The zero-order valence-electron chi connectivity index (χ0n) is 18.4. The second-order valence-corrected chi connectivity index (χ2v) is 7.46. The molecule has 0 saturated carbocycles. The molecule has 8 nitrogen and oxygen atoms in total. The molecule has 1 N–H and O–H groups in total. The van der Waals surface area contributed by atoms with Crippen LogP contribution in [0, 0.1) is 0 Å². The van der Waals surface area contributed by atoms with Gasteiger partial charge in [-0.3, -0.25) is 0 Å². The molecule has 2 aromatic rings. The minimum Gasteiger partial charge on any atom is -0.508 e. The lowest BCUT2D eigenvalue weighted by molar-refractivity contribution is -0.139. The molecule has 2 heterocycles. The van der Waals surface area contributed by atoms with E-state index in [1.54, 1.807) is 43.3 Å². The number of phenolic OH excluding ortho intramolecular Hbond substituents is 1. The average molecular weight is 451 g/mol. The van der Waals surface area contributed by atoms with Gasteiger partial charge in [0.1, 0.15) is 5.75 Å². The molecule has 2 aliphatic heterocycles. The van der Waals surface area contributed by atoms with E-state index < -0.39 is 17.9 Å². The molecule has 0 aromatic heterocycles. The van der Waals surface area contributed by atoms with Crippen molar-refractivity contribution in [2.45, 2.75) is 26.3 Å². The molecular weight excluding hydrogens is 426 g/mol. The zero-order valence-corrected chi connectivity index (χ0v) is 18.4. The number of phenols is 1. The number of aromatic hydroxyl groups is 1. The van der Waals surface area contributed by atoms with Gasteiger partial charge in [0.05, 0.1) is 36.8 Å². The van der Waals surface area contributed by atoms with Crippen molar-refractivity contribution in [3.63, 3.8) is 0 Å². The smallest absolute Gasteiger partial charge is 0.336 e. The van der Waals surface area contributed by atoms with Gasteiger partial charge in [-0.1, -0.05) is 24.3 Å². The van der Waals surface area contributed by atoms with Crippen LogP contribution in [0.1, 0.15) is 30.9 Å². The molecular formula is C25H25NO7. The normalized spacial score (nSPS) is 15.0. The van der Waals surface area contributed by atoms with Crippen molar-refractivity contribution in [2.75, 3.05) is 20.0 Å². The quantitative estimate of drug-likeness (QED) is 0.638. The van der Waals surface area contributed by atoms with Crippen molar-refractivity contribution >= 4 is 11.9 Å². The number of hydrogen-bond acceptors (Lipinski definition) is 8. The molecule has 0 amide bonds. The number of para-hydroxylation sites is 1. The Morgan fingerprint density at radius 2 is 1.61 bits per heavy atom. The summed E-state index contributed by atoms with van der Waals surface area (Å²) in [5.41, 5.74) is 2.08. The highest BCUT2D eigenvalue weighted by molar-refractivity contribution is 5.98. The van der Waals surface area contributed by atoms with E-state index >= 15 is 0 Å². The third kappa shape index (κ3) is 4.64. The van der Waals surface area contributed by atoms with E-state index in [0.717, 1.165) is 5.56 Å². The van der Waals surface area contributed by atoms with Gasteiger partial charge in [0.2, 0.25) is 6.79 Å². The monoisotopic (exact) mass is 451 g/mol. The van der Waals surface area contributed by atoms with E-state index in [-0.39, 0.29) is 36.9 Å². The van der Waals surface area contributed by atoms with E-state index in [1.807, 2.05) is 18.2 Å². The topological polar surface area (TPSA) is 94.5 Å². The van der Waals surface area contributed by atoms with Crippen LogP contribution in [0.2, 0.25) is 0 Å². The fraction of sp³-hybridized carbons (Fsp3) is 0.280. The van der Waals surface area contributed by atoms with Gasteiger partial charge in [0.15, 0.2) is 11.5 Å². The van der Waals surface area contributed by atoms with Crippen molar-refractivity contribution in [1.29, 1.82) is 0 Å². The molecule has 0 unspecified atom stereocenters. The Balaban J connectivity index is 1.77. The lowest BCUT2D eigenvalue weighted by Gasteiger charge is -2.30. The van der Waals surface area contributed by atoms with Crippen LogP contribution in [-0.4, -0.2) is 42.0 Å². The molecule has 2 aliphatic rings. The first-order valence-electron chi connectivity index (χ1n) is 10.7. The maximum Gasteiger partial charge on any atom is 0.336 e. The molecule has 33 heavy (non-hydrogen) atoms. The molecule has 0 aliphatic carbocycles. The van der Waals surface area contributed by atoms with E-state index in [9.17, 15) is 14.7 Å². The first-order chi connectivity index (χ1) is 16.0. The number of carbonyl (C=O) groups excluding carboxylic acids is 2. The lowest BCUT2D eigenvalue weighted by Crippen LogP contribution is -2.29. The lowest BCUT2D eigenvalue weighted by atomic mass is 9.83. The van der Waals surface area contributed by atoms with Crippen molar-refractivity contribution in [3.8, 4) is 17.2 Å². The third-order valence-corrected chi connectivity index (χ3v) is 5.31. The highest BCUT2D eigenvalue weighted by atomic mass is 16.7. The summed E-state index contributed by atoms with van der Waals surface area (Å²) in [6, 6.07) is 11.9. The zero-order chi connectivity index (χ0) is 23.4. The number of nitrogens with zero attached hydrogens (tertiary/aromatic N) is 1. The molecule has 0 spiro atoms. The minimum atomic E-state index is -0.707. The molecule has 0 radical (unpaired) electrons. The van der Waals surface area contributed by atoms with Crippen LogP contribution in [0.5, 0.6) is 17.2 Å². The molecule has 0 bridgehead atoms. The maximum absolute atomic E-state index is 13.0. The Hall–Kier alpha value is -3.94. The summed E-state index contributed by atoms with van der Waals surface area (Å²) in [6.45, 7) is 4.30. The largest absolute Gasteiger partial charge is 0.508 e. The highest BCUT2D eigenvalue weighted by Crippen LogP contribution is 2.40. The summed E-state index contributed by atoms with van der Waals surface area (Å²) < 4.78 is 21.7. The number of hydrogen-bond donors (Lipinski definition) is 1. The Labute approximate surface area is 191 Å². The Morgan fingerprint density at radius 3 is 2.21 bits per heavy atom. The Morgan fingerprint density at radius 1 is 0.970 bits per heavy atom. The van der Waals surface area contributed by atoms with Crippen molar-refractivity contribution < 1.29 is 33.6 Å². The van der Waals surface area contributed by atoms with Gasteiger partial charge >= 0.3 is 11.9 Å². The Kier molecular flexibility index (Phi) is 6.53. The second kappa shape index (κ2) is 9.68. The number of fused-ring (bicyclic) bond motifs is 1. The molecule has 0 fully saturated rings. The van der Waals surface area contributed by atoms with Crippen molar-refractivity contribution in [3.05, 3.63) is 77.1 Å². The third-order valence-electron chi connectivity index (χ3n) is 5.31. The second-order valence-electron chi connectivity index (χ2n) is 7.46. The van der Waals surface area contributed by atoms with E-state index in [2.05, 4.69) is 0 Å². The van der Waals surface area contributed by atoms with Crippen molar-refractivity contribution in [1.82, 2.24) is 4.90 Å². The predicted molar refractivity (Wildman–Crippen MR) is 118 cm³/mol. The Bertz CT molecular complexity index is 1070. The maximum atomic E-state index is 13.0. The number of benzene rings is 2. The van der Waals surface area contributed by atoms with Gasteiger partial charge in [-0.15, -0.1) is 0 Å². The number of ether oxygens (including phenoxy) is 4. The highest BCUT2D eigenvalue weighted by Gasteiger charge is 2.36. The molecule has 4 rings (SSSR count). The molecule has 0 atom stereocenters. The summed E-state index contributed by atoms with van der Waals surface area (Å²) >= 11 is 0. The molecule has 8 heteroatoms. The van der Waals surface area contributed by atoms with Crippen LogP contribution < -0.4 is 9.47 Å². The van der Waals surface area contributed by atoms with Gasteiger partial charge in [0, 0.05) is 18.0 Å². The van der Waals surface area contributed by atoms with Crippen LogP contribution in [-0.2, 0) is 25.6 Å². The standard InChI is InChI=1S/C25H25NO7/c1-3-30-24(28)19-13-26(12-17-6-5-7-21-23(17)33-15-32-21)14-20(25(29)31-4-2)22(19)16-8-10-18(27)11-9-16/h5-11,13-14,22,27H,3-4,12,15H2,1-2H3. The van der Waals surface area contributed by atoms with Crippen LogP contribution in [0.15, 0.2) is 66.0 Å². The number of esters is 2. The van der Waals surface area contributed by atoms with Crippen LogP contribution in [0.25, 0.3) is 0 Å². The number of carbonyl (C=O) groups is 2. The fourth-order valence-electron chi connectivity index (χ4n) is 3.91. The van der Waals surface area contributed by atoms with Gasteiger partial charge in [0.25, 0.3) is 0 Å². The van der Waals surface area contributed by atoms with Crippen LogP contribution in [0.4, 0.5) is 0 Å². The van der Waals surface area contributed by atoms with Gasteiger partial charge < -0.3 is 29.0 Å². The molecule has 2 aromatic carbocycles. The SMILES string of the molecule is CCOC(=O)C1=CN(Cc2cccc3c2OCO3)C=C(C(=O)OCC)C1c1ccc(O)cc1. The van der Waals surface area contributed by atoms with Gasteiger partial charge in [-0.25, -0.2) is 9.59 Å². The molecule has 172 valence electrons. The first kappa shape index (κ1) is 22.3. The van der Waals surface area contributed by atoms with Crippen molar-refractivity contribution in [2.24, 2.45) is 0 Å². The van der Waals surface area contributed by atoms with Gasteiger partial charge in [-0.2, -0.15) is 0 Å². The first-order valence-corrected chi connectivity index (χ1v) is 10.7. The summed E-state index contributed by atoms with van der Waals surface area (Å²) in [4.78, 5) is 27.7. The summed E-state index contributed by atoms with van der Waals surface area (Å²) in [6.07, 6.45) is 3.35. The average Bonchev–Trinajstić information content (AvgIpc) is 3.29. The van der Waals surface area contributed by atoms with E-state index in [1.165, 1.54) is 12.1 Å². The van der Waals surface area contributed by atoms with E-state index in [4.69, 9.17) is 18.9 Å². The summed E-state index contributed by atoms with van der Waals surface area (Å²) in [7, 11) is 0. The summed E-state index contributed by atoms with van der Waals surface area (Å²) in [5.74, 6) is -0.409. The minimum absolute atomic E-state index is 0.0830. The summed E-state index contributed by atoms with van der Waals surface area (Å²) in [5, 5.41) is 9.71. The fourth-order valence-corrected chi connectivity index (χ4v) is 3.91. The van der Waals surface area contributed by atoms with Crippen LogP contribution >= 0.6 is 0 Å². The van der Waals surface area contributed by atoms with Gasteiger partial charge in [-0.05, 0) is 37.6 Å². The number of rotatable bonds is 7.